The average Bonchev–Trinajstić information content (AvgIpc) is 3.06. The topological polar surface area (TPSA) is 67.9 Å². The molecule has 0 saturated carbocycles. The van der Waals surface area contributed by atoms with Gasteiger partial charge >= 0.3 is 0 Å². The molecule has 6 nitrogen and oxygen atoms in total. The van der Waals surface area contributed by atoms with Gasteiger partial charge in [-0.25, -0.2) is 4.90 Å². The molecule has 0 atom stereocenters. The quantitative estimate of drug-likeness (QED) is 0.427. The molecule has 0 unspecified atom stereocenters. The lowest BCUT2D eigenvalue weighted by Crippen LogP contribution is -2.32. The maximum Gasteiger partial charge on any atom is 0.283 e. The van der Waals surface area contributed by atoms with Crippen molar-refractivity contribution in [2.75, 3.05) is 23.4 Å². The molecule has 1 N–H and O–H groups in total. The van der Waals surface area contributed by atoms with Gasteiger partial charge in [-0.1, -0.05) is 30.0 Å². The molecule has 7 heteroatoms. The number of carbonyl (C=O) groups excluding carboxylic acids is 2. The highest BCUT2D eigenvalue weighted by Crippen LogP contribution is 2.38. The van der Waals surface area contributed by atoms with Gasteiger partial charge in [0.2, 0.25) is 0 Å². The fourth-order valence-electron chi connectivity index (χ4n) is 3.36. The summed E-state index contributed by atoms with van der Waals surface area (Å²) in [7, 11) is 0. The monoisotopic (exact) mass is 460 g/mol. The van der Waals surface area contributed by atoms with E-state index in [2.05, 4.69) is 5.32 Å². The second-order valence-electron chi connectivity index (χ2n) is 7.07. The zero-order chi connectivity index (χ0) is 23.2. The Balaban J connectivity index is 1.66. The minimum atomic E-state index is -0.406. The normalized spacial score (nSPS) is 13.5. The zero-order valence-corrected chi connectivity index (χ0v) is 19.2. The Morgan fingerprint density at radius 2 is 1.33 bits per heavy atom. The molecule has 1 heterocycles. The van der Waals surface area contributed by atoms with Gasteiger partial charge in [0.1, 0.15) is 22.1 Å². The third-order valence-electron chi connectivity index (χ3n) is 4.85. The minimum absolute atomic E-state index is 0.242. The Hall–Kier alpha value is -3.71. The number of benzene rings is 3. The van der Waals surface area contributed by atoms with Crippen LogP contribution >= 0.6 is 11.8 Å². The maximum absolute atomic E-state index is 13.4. The molecule has 0 saturated heterocycles. The first kappa shape index (κ1) is 22.5. The van der Waals surface area contributed by atoms with Crippen LogP contribution in [-0.2, 0) is 9.59 Å². The number of anilines is 2. The lowest BCUT2D eigenvalue weighted by atomic mass is 10.2. The number of nitrogens with zero attached hydrogens (tertiary/aromatic N) is 1. The van der Waals surface area contributed by atoms with Gasteiger partial charge < -0.3 is 14.8 Å². The van der Waals surface area contributed by atoms with Crippen molar-refractivity contribution in [3.63, 3.8) is 0 Å². The molecule has 0 radical (unpaired) electrons. The van der Waals surface area contributed by atoms with Crippen molar-refractivity contribution >= 4 is 35.0 Å². The SMILES string of the molecule is CCOc1ccc(NC2=C(Sc3ccccc3)C(=O)N(c3ccc(OCC)cc3)C2=O)cc1. The second-order valence-corrected chi connectivity index (χ2v) is 8.16. The van der Waals surface area contributed by atoms with Crippen molar-refractivity contribution < 1.29 is 19.1 Å². The van der Waals surface area contributed by atoms with Crippen molar-refractivity contribution in [3.05, 3.63) is 89.5 Å². The number of amides is 2. The van der Waals surface area contributed by atoms with Crippen LogP contribution in [0.15, 0.2) is 94.4 Å². The van der Waals surface area contributed by atoms with Crippen LogP contribution in [-0.4, -0.2) is 25.0 Å². The Kier molecular flexibility index (Phi) is 7.00. The van der Waals surface area contributed by atoms with E-state index in [0.717, 1.165) is 10.6 Å². The van der Waals surface area contributed by atoms with Gasteiger partial charge in [0.25, 0.3) is 11.8 Å². The van der Waals surface area contributed by atoms with Gasteiger partial charge in [-0.2, -0.15) is 0 Å². The van der Waals surface area contributed by atoms with Crippen molar-refractivity contribution in [1.29, 1.82) is 0 Å². The standard InChI is InChI=1S/C26H24N2O4S/c1-3-31-20-14-10-18(11-15-20)27-23-24(33-22-8-6-5-7-9-22)26(30)28(25(23)29)19-12-16-21(17-13-19)32-4-2/h5-17,27H,3-4H2,1-2H3. The minimum Gasteiger partial charge on any atom is -0.494 e. The summed E-state index contributed by atoms with van der Waals surface area (Å²) >= 11 is 1.27. The number of ether oxygens (including phenoxy) is 2. The van der Waals surface area contributed by atoms with Crippen molar-refractivity contribution in [3.8, 4) is 11.5 Å². The van der Waals surface area contributed by atoms with E-state index in [1.807, 2.05) is 68.4 Å². The van der Waals surface area contributed by atoms with Gasteiger partial charge in [-0.05, 0) is 74.5 Å². The highest BCUT2D eigenvalue weighted by atomic mass is 32.2. The lowest BCUT2D eigenvalue weighted by Gasteiger charge is -2.16. The van der Waals surface area contributed by atoms with Crippen LogP contribution in [0.25, 0.3) is 0 Å². The first-order valence-electron chi connectivity index (χ1n) is 10.7. The number of nitrogens with one attached hydrogen (secondary N) is 1. The van der Waals surface area contributed by atoms with E-state index in [-0.39, 0.29) is 11.6 Å². The van der Waals surface area contributed by atoms with Gasteiger partial charge in [0.05, 0.1) is 18.9 Å². The molecule has 0 fully saturated rings. The molecular weight excluding hydrogens is 436 g/mol. The summed E-state index contributed by atoms with van der Waals surface area (Å²) in [5.74, 6) is 0.642. The second kappa shape index (κ2) is 10.3. The zero-order valence-electron chi connectivity index (χ0n) is 18.4. The van der Waals surface area contributed by atoms with Crippen molar-refractivity contribution in [1.82, 2.24) is 0 Å². The van der Waals surface area contributed by atoms with E-state index in [4.69, 9.17) is 9.47 Å². The molecule has 3 aromatic carbocycles. The van der Waals surface area contributed by atoms with Crippen LogP contribution in [0, 0.1) is 0 Å². The van der Waals surface area contributed by atoms with E-state index in [9.17, 15) is 9.59 Å². The van der Waals surface area contributed by atoms with Gasteiger partial charge in [0.15, 0.2) is 0 Å². The highest BCUT2D eigenvalue weighted by Gasteiger charge is 2.40. The third kappa shape index (κ3) is 5.04. The lowest BCUT2D eigenvalue weighted by molar-refractivity contribution is -0.120. The predicted octanol–water partition coefficient (Wildman–Crippen LogP) is 5.47. The molecule has 4 rings (SSSR count). The van der Waals surface area contributed by atoms with E-state index in [1.165, 1.54) is 16.7 Å². The molecule has 1 aliphatic rings. The Morgan fingerprint density at radius 1 is 0.758 bits per heavy atom. The summed E-state index contributed by atoms with van der Waals surface area (Å²) in [6.07, 6.45) is 0. The average molecular weight is 461 g/mol. The van der Waals surface area contributed by atoms with Crippen LogP contribution in [0.2, 0.25) is 0 Å². The van der Waals surface area contributed by atoms with Crippen LogP contribution in [0.1, 0.15) is 13.8 Å². The molecule has 0 aliphatic carbocycles. The highest BCUT2D eigenvalue weighted by molar-refractivity contribution is 8.04. The molecule has 0 bridgehead atoms. The summed E-state index contributed by atoms with van der Waals surface area (Å²) in [4.78, 5) is 29.2. The third-order valence-corrected chi connectivity index (χ3v) is 5.94. The molecular formula is C26H24N2O4S. The summed E-state index contributed by atoms with van der Waals surface area (Å²) in [5, 5.41) is 3.16. The summed E-state index contributed by atoms with van der Waals surface area (Å²) in [6, 6.07) is 23.7. The smallest absolute Gasteiger partial charge is 0.283 e. The fraction of sp³-hybridized carbons (Fsp3) is 0.154. The predicted molar refractivity (Wildman–Crippen MR) is 131 cm³/mol. The van der Waals surface area contributed by atoms with E-state index in [0.29, 0.717) is 35.2 Å². The van der Waals surface area contributed by atoms with Crippen LogP contribution in [0.5, 0.6) is 11.5 Å². The number of hydrogen-bond donors (Lipinski definition) is 1. The Bertz CT molecular complexity index is 1160. The van der Waals surface area contributed by atoms with Gasteiger partial charge in [-0.15, -0.1) is 0 Å². The van der Waals surface area contributed by atoms with E-state index >= 15 is 0 Å². The fourth-order valence-corrected chi connectivity index (χ4v) is 4.31. The summed E-state index contributed by atoms with van der Waals surface area (Å²) in [5.41, 5.74) is 1.42. The largest absolute Gasteiger partial charge is 0.494 e. The first-order chi connectivity index (χ1) is 16.1. The number of hydrogen-bond acceptors (Lipinski definition) is 6. The molecule has 3 aromatic rings. The maximum atomic E-state index is 13.4. The molecule has 0 spiro atoms. The summed E-state index contributed by atoms with van der Waals surface area (Å²) in [6.45, 7) is 4.93. The van der Waals surface area contributed by atoms with E-state index in [1.54, 1.807) is 24.3 Å². The number of carbonyl (C=O) groups is 2. The van der Waals surface area contributed by atoms with Crippen LogP contribution < -0.4 is 19.7 Å². The molecule has 0 aromatic heterocycles. The van der Waals surface area contributed by atoms with E-state index < -0.39 is 5.91 Å². The van der Waals surface area contributed by atoms with Gasteiger partial charge in [0, 0.05) is 10.6 Å². The number of thioether (sulfide) groups is 1. The number of imide groups is 1. The molecule has 2 amide bonds. The van der Waals surface area contributed by atoms with Gasteiger partial charge in [-0.3, -0.25) is 9.59 Å². The van der Waals surface area contributed by atoms with Crippen molar-refractivity contribution in [2.45, 2.75) is 18.7 Å². The first-order valence-corrected chi connectivity index (χ1v) is 11.5. The van der Waals surface area contributed by atoms with Crippen LogP contribution in [0.3, 0.4) is 0 Å². The Morgan fingerprint density at radius 3 is 1.91 bits per heavy atom. The van der Waals surface area contributed by atoms with Crippen LogP contribution in [0.4, 0.5) is 11.4 Å². The molecule has 1 aliphatic heterocycles. The number of rotatable bonds is 9. The summed E-state index contributed by atoms with van der Waals surface area (Å²) < 4.78 is 11.0. The molecule has 168 valence electrons. The Labute approximate surface area is 197 Å². The van der Waals surface area contributed by atoms with Crippen molar-refractivity contribution in [2.24, 2.45) is 0 Å². The molecule has 33 heavy (non-hydrogen) atoms.